The van der Waals surface area contributed by atoms with E-state index in [1.54, 1.807) is 12.2 Å². The van der Waals surface area contributed by atoms with Crippen LogP contribution in [0.4, 0.5) is 0 Å². The van der Waals surface area contributed by atoms with Crippen LogP contribution in [0.3, 0.4) is 0 Å². The molecule has 20 heavy (non-hydrogen) atoms. The molecule has 0 rings (SSSR count). The van der Waals surface area contributed by atoms with E-state index in [9.17, 15) is 4.79 Å². The number of hydrogen-bond donors (Lipinski definition) is 0. The van der Waals surface area contributed by atoms with Gasteiger partial charge in [-0.1, -0.05) is 25.5 Å². The van der Waals surface area contributed by atoms with E-state index < -0.39 is 0 Å². The molecule has 0 aliphatic heterocycles. The molecular weight excluding hydrogens is 260 g/mol. The molecule has 0 fully saturated rings. The Hall–Kier alpha value is -1.17. The van der Waals surface area contributed by atoms with E-state index in [1.807, 2.05) is 6.92 Å². The molecule has 0 unspecified atom stereocenters. The Kier molecular flexibility index (Phi) is 13.4. The van der Waals surface area contributed by atoms with E-state index in [0.29, 0.717) is 32.8 Å². The zero-order chi connectivity index (χ0) is 15.1. The molecule has 0 aromatic carbocycles. The summed E-state index contributed by atoms with van der Waals surface area (Å²) >= 11 is 0. The Morgan fingerprint density at radius 3 is 2.25 bits per heavy atom. The average Bonchev–Trinajstić information content (AvgIpc) is 2.45. The zero-order valence-corrected chi connectivity index (χ0v) is 12.3. The summed E-state index contributed by atoms with van der Waals surface area (Å²) in [6.45, 7) is 10.7. The van der Waals surface area contributed by atoms with Gasteiger partial charge in [-0.15, -0.1) is 13.2 Å². The summed E-state index contributed by atoms with van der Waals surface area (Å²) in [5.41, 5.74) is 0. The number of esters is 1. The number of hydrogen-bond acceptors (Lipinski definition) is 5. The molecule has 5 heteroatoms. The van der Waals surface area contributed by atoms with Gasteiger partial charge in [0, 0.05) is 6.42 Å². The highest BCUT2D eigenvalue weighted by atomic mass is 16.7. The highest BCUT2D eigenvalue weighted by Gasteiger charge is 2.11. The molecule has 0 saturated heterocycles. The molecule has 0 aliphatic carbocycles. The molecule has 116 valence electrons. The van der Waals surface area contributed by atoms with Crippen LogP contribution < -0.4 is 0 Å². The molecule has 5 nitrogen and oxygen atoms in total. The van der Waals surface area contributed by atoms with Crippen LogP contribution in [-0.4, -0.2) is 45.3 Å². The minimum Gasteiger partial charge on any atom is -0.438 e. The maximum absolute atomic E-state index is 11.3. The van der Waals surface area contributed by atoms with Crippen LogP contribution in [0, 0.1) is 0 Å². The fourth-order valence-corrected chi connectivity index (χ4v) is 1.30. The number of carbonyl (C=O) groups is 1. The van der Waals surface area contributed by atoms with E-state index in [4.69, 9.17) is 18.9 Å². The van der Waals surface area contributed by atoms with Gasteiger partial charge in [-0.2, -0.15) is 0 Å². The maximum atomic E-state index is 11.3. The summed E-state index contributed by atoms with van der Waals surface area (Å²) in [6, 6.07) is 0. The van der Waals surface area contributed by atoms with Crippen molar-refractivity contribution >= 4 is 5.97 Å². The lowest BCUT2D eigenvalue weighted by Gasteiger charge is -2.17. The Bertz CT molecular complexity index is 251. The van der Waals surface area contributed by atoms with E-state index in [0.717, 1.165) is 12.8 Å². The Morgan fingerprint density at radius 1 is 1.15 bits per heavy atom. The first kappa shape index (κ1) is 18.8. The minimum absolute atomic E-state index is 0.0812. The standard InChI is InChI=1S/C15H26O5/c1-4-7-8-15(16)20-13-19-14(11-17-9-5-2)12-18-10-6-3/h5-6,14H,2-4,7-13H2,1H3. The van der Waals surface area contributed by atoms with Gasteiger partial charge < -0.3 is 18.9 Å². The second kappa shape index (κ2) is 14.2. The van der Waals surface area contributed by atoms with Crippen LogP contribution in [0.5, 0.6) is 0 Å². The molecule has 0 N–H and O–H groups in total. The molecular formula is C15H26O5. The van der Waals surface area contributed by atoms with Crippen molar-refractivity contribution in [3.63, 3.8) is 0 Å². The molecule has 0 heterocycles. The number of unbranched alkanes of at least 4 members (excludes halogenated alkanes) is 1. The maximum Gasteiger partial charge on any atom is 0.307 e. The average molecular weight is 286 g/mol. The van der Waals surface area contributed by atoms with Gasteiger partial charge in [0.15, 0.2) is 6.79 Å². The molecule has 0 saturated carbocycles. The third-order valence-corrected chi connectivity index (χ3v) is 2.34. The van der Waals surface area contributed by atoms with Gasteiger partial charge in [0.25, 0.3) is 0 Å². The Morgan fingerprint density at radius 2 is 1.75 bits per heavy atom. The summed E-state index contributed by atoms with van der Waals surface area (Å²) in [7, 11) is 0. The third kappa shape index (κ3) is 11.9. The Balaban J connectivity index is 3.84. The zero-order valence-electron chi connectivity index (χ0n) is 12.3. The second-order valence-corrected chi connectivity index (χ2v) is 4.18. The molecule has 0 aromatic rings. The van der Waals surface area contributed by atoms with Crippen LogP contribution in [0.15, 0.2) is 25.3 Å². The van der Waals surface area contributed by atoms with Crippen LogP contribution in [0.2, 0.25) is 0 Å². The van der Waals surface area contributed by atoms with Gasteiger partial charge in [-0.25, -0.2) is 0 Å². The fourth-order valence-electron chi connectivity index (χ4n) is 1.30. The van der Waals surface area contributed by atoms with Crippen LogP contribution >= 0.6 is 0 Å². The molecule has 0 radical (unpaired) electrons. The van der Waals surface area contributed by atoms with Gasteiger partial charge >= 0.3 is 5.97 Å². The van der Waals surface area contributed by atoms with Gasteiger partial charge in [0.05, 0.1) is 26.4 Å². The van der Waals surface area contributed by atoms with E-state index in [2.05, 4.69) is 13.2 Å². The topological polar surface area (TPSA) is 54.0 Å². The van der Waals surface area contributed by atoms with Crippen molar-refractivity contribution in [2.45, 2.75) is 32.3 Å². The van der Waals surface area contributed by atoms with Crippen molar-refractivity contribution in [2.75, 3.05) is 33.2 Å². The first-order valence-electron chi connectivity index (χ1n) is 6.89. The Labute approximate surface area is 121 Å². The largest absolute Gasteiger partial charge is 0.438 e. The summed E-state index contributed by atoms with van der Waals surface area (Å²) in [5, 5.41) is 0. The van der Waals surface area contributed by atoms with Gasteiger partial charge in [0.1, 0.15) is 6.10 Å². The normalized spacial score (nSPS) is 10.5. The van der Waals surface area contributed by atoms with E-state index >= 15 is 0 Å². The summed E-state index contributed by atoms with van der Waals surface area (Å²) in [5.74, 6) is -0.246. The molecule has 0 amide bonds. The quantitative estimate of drug-likeness (QED) is 0.212. The number of ether oxygens (including phenoxy) is 4. The predicted molar refractivity (Wildman–Crippen MR) is 77.4 cm³/mol. The lowest BCUT2D eigenvalue weighted by Crippen LogP contribution is -2.27. The predicted octanol–water partition coefficient (Wildman–Crippen LogP) is 2.47. The molecule has 0 aliphatic rings. The van der Waals surface area contributed by atoms with Gasteiger partial charge in [-0.05, 0) is 6.42 Å². The SMILES string of the molecule is C=CCOCC(COCC=C)OCOC(=O)CCCC. The smallest absolute Gasteiger partial charge is 0.307 e. The summed E-state index contributed by atoms with van der Waals surface area (Å²) in [6.07, 6.45) is 5.24. The van der Waals surface area contributed by atoms with Crippen LogP contribution in [0.25, 0.3) is 0 Å². The first-order valence-corrected chi connectivity index (χ1v) is 6.89. The molecule has 0 spiro atoms. The summed E-state index contributed by atoms with van der Waals surface area (Å²) in [4.78, 5) is 11.3. The van der Waals surface area contributed by atoms with Crippen molar-refractivity contribution < 1.29 is 23.7 Å². The van der Waals surface area contributed by atoms with Gasteiger partial charge in [0.2, 0.25) is 0 Å². The highest BCUT2D eigenvalue weighted by Crippen LogP contribution is 2.00. The minimum atomic E-state index is -0.283. The second-order valence-electron chi connectivity index (χ2n) is 4.18. The van der Waals surface area contributed by atoms with E-state index in [1.165, 1.54) is 0 Å². The number of carbonyl (C=O) groups excluding carboxylic acids is 1. The highest BCUT2D eigenvalue weighted by molar-refractivity contribution is 5.69. The van der Waals surface area contributed by atoms with Crippen molar-refractivity contribution in [3.8, 4) is 0 Å². The molecule has 0 bridgehead atoms. The van der Waals surface area contributed by atoms with E-state index in [-0.39, 0.29) is 18.9 Å². The lowest BCUT2D eigenvalue weighted by atomic mass is 10.3. The van der Waals surface area contributed by atoms with Crippen molar-refractivity contribution in [2.24, 2.45) is 0 Å². The summed E-state index contributed by atoms with van der Waals surface area (Å²) < 4.78 is 21.0. The van der Waals surface area contributed by atoms with Crippen LogP contribution in [0.1, 0.15) is 26.2 Å². The first-order chi connectivity index (χ1) is 9.74. The van der Waals surface area contributed by atoms with Gasteiger partial charge in [-0.3, -0.25) is 4.79 Å². The molecule has 0 atom stereocenters. The molecule has 0 aromatic heterocycles. The van der Waals surface area contributed by atoms with Crippen molar-refractivity contribution in [3.05, 3.63) is 25.3 Å². The van der Waals surface area contributed by atoms with Crippen molar-refractivity contribution in [1.82, 2.24) is 0 Å². The van der Waals surface area contributed by atoms with Crippen molar-refractivity contribution in [1.29, 1.82) is 0 Å². The monoisotopic (exact) mass is 286 g/mol. The number of rotatable bonds is 14. The fraction of sp³-hybridized carbons (Fsp3) is 0.667. The third-order valence-electron chi connectivity index (χ3n) is 2.34. The van der Waals surface area contributed by atoms with Crippen LogP contribution in [-0.2, 0) is 23.7 Å². The lowest BCUT2D eigenvalue weighted by molar-refractivity contribution is -0.167.